The van der Waals surface area contributed by atoms with Gasteiger partial charge in [0.15, 0.2) is 0 Å². The van der Waals surface area contributed by atoms with Crippen molar-refractivity contribution in [2.75, 3.05) is 5.32 Å². The second-order valence-electron chi connectivity index (χ2n) is 5.17. The summed E-state index contributed by atoms with van der Waals surface area (Å²) in [5.74, 6) is 0.765. The summed E-state index contributed by atoms with van der Waals surface area (Å²) < 4.78 is 0. The third-order valence-corrected chi connectivity index (χ3v) is 3.53. The number of rotatable bonds is 4. The van der Waals surface area contributed by atoms with Crippen LogP contribution in [0.5, 0.6) is 0 Å². The van der Waals surface area contributed by atoms with Gasteiger partial charge in [0, 0.05) is 23.6 Å². The highest BCUT2D eigenvalue weighted by Gasteiger charge is 2.07. The number of carbonyl (C=O) groups excluding carboxylic acids is 1. The largest absolute Gasteiger partial charge is 0.345 e. The molecule has 1 amide bonds. The molecule has 2 N–H and O–H groups in total. The van der Waals surface area contributed by atoms with Crippen molar-refractivity contribution in [3.05, 3.63) is 72.1 Å². The van der Waals surface area contributed by atoms with Gasteiger partial charge in [-0.2, -0.15) is 0 Å². The van der Waals surface area contributed by atoms with Gasteiger partial charge in [0.1, 0.15) is 5.82 Å². The van der Waals surface area contributed by atoms with E-state index in [1.807, 2.05) is 55.5 Å². The van der Waals surface area contributed by atoms with E-state index >= 15 is 0 Å². The lowest BCUT2D eigenvalue weighted by Gasteiger charge is -2.08. The smallest absolute Gasteiger partial charge is 0.228 e. The third-order valence-electron chi connectivity index (χ3n) is 3.53. The molecule has 4 nitrogen and oxygen atoms in total. The SMILES string of the molecule is Cc1ccccc1CC(=O)Nc1cccc(-c2ncc[nH]2)c1. The number of carbonyl (C=O) groups is 1. The van der Waals surface area contributed by atoms with Crippen LogP contribution in [0.2, 0.25) is 0 Å². The van der Waals surface area contributed by atoms with Crippen molar-refractivity contribution in [1.29, 1.82) is 0 Å². The van der Waals surface area contributed by atoms with E-state index in [-0.39, 0.29) is 5.91 Å². The predicted octanol–water partition coefficient (Wildman–Crippen LogP) is 3.57. The minimum Gasteiger partial charge on any atom is -0.345 e. The summed E-state index contributed by atoms with van der Waals surface area (Å²) in [7, 11) is 0. The van der Waals surface area contributed by atoms with Crippen LogP contribution >= 0.6 is 0 Å². The van der Waals surface area contributed by atoms with Crippen LogP contribution in [0, 0.1) is 6.92 Å². The number of anilines is 1. The van der Waals surface area contributed by atoms with Gasteiger partial charge >= 0.3 is 0 Å². The van der Waals surface area contributed by atoms with Gasteiger partial charge in [-0.15, -0.1) is 0 Å². The van der Waals surface area contributed by atoms with E-state index in [9.17, 15) is 4.79 Å². The van der Waals surface area contributed by atoms with Gasteiger partial charge in [-0.25, -0.2) is 4.98 Å². The van der Waals surface area contributed by atoms with Gasteiger partial charge in [-0.05, 0) is 30.2 Å². The van der Waals surface area contributed by atoms with Gasteiger partial charge in [-0.1, -0.05) is 36.4 Å². The number of amides is 1. The average Bonchev–Trinajstić information content (AvgIpc) is 3.04. The number of imidazole rings is 1. The number of nitrogens with zero attached hydrogens (tertiary/aromatic N) is 1. The second kappa shape index (κ2) is 6.26. The Morgan fingerprint density at radius 1 is 1.18 bits per heavy atom. The minimum atomic E-state index is -0.0223. The van der Waals surface area contributed by atoms with Crippen LogP contribution in [-0.4, -0.2) is 15.9 Å². The van der Waals surface area contributed by atoms with Gasteiger partial charge in [0.05, 0.1) is 6.42 Å². The van der Waals surface area contributed by atoms with Gasteiger partial charge in [-0.3, -0.25) is 4.79 Å². The normalized spacial score (nSPS) is 10.4. The molecular weight excluding hydrogens is 274 g/mol. The summed E-state index contributed by atoms with van der Waals surface area (Å²) in [5.41, 5.74) is 3.88. The molecule has 0 unspecified atom stereocenters. The van der Waals surface area contributed by atoms with Crippen LogP contribution in [0.4, 0.5) is 5.69 Å². The molecule has 1 heterocycles. The predicted molar refractivity (Wildman–Crippen MR) is 87.5 cm³/mol. The number of aromatic amines is 1. The molecule has 0 saturated heterocycles. The van der Waals surface area contributed by atoms with E-state index in [4.69, 9.17) is 0 Å². The number of aromatic nitrogens is 2. The van der Waals surface area contributed by atoms with Crippen LogP contribution in [0.25, 0.3) is 11.4 Å². The van der Waals surface area contributed by atoms with Crippen LogP contribution in [-0.2, 0) is 11.2 Å². The maximum atomic E-state index is 12.2. The van der Waals surface area contributed by atoms with Crippen molar-refractivity contribution >= 4 is 11.6 Å². The van der Waals surface area contributed by atoms with Crippen LogP contribution in [0.15, 0.2) is 60.9 Å². The summed E-state index contributed by atoms with van der Waals surface area (Å²) in [6.07, 6.45) is 3.86. The summed E-state index contributed by atoms with van der Waals surface area (Å²) in [6, 6.07) is 15.6. The fraction of sp³-hybridized carbons (Fsp3) is 0.111. The zero-order valence-electron chi connectivity index (χ0n) is 12.3. The molecule has 3 aromatic rings. The lowest BCUT2D eigenvalue weighted by molar-refractivity contribution is -0.115. The number of nitrogens with one attached hydrogen (secondary N) is 2. The maximum Gasteiger partial charge on any atom is 0.228 e. The zero-order chi connectivity index (χ0) is 15.4. The van der Waals surface area contributed by atoms with Crippen molar-refractivity contribution in [2.45, 2.75) is 13.3 Å². The van der Waals surface area contributed by atoms with Crippen molar-refractivity contribution < 1.29 is 4.79 Å². The first-order valence-electron chi connectivity index (χ1n) is 7.16. The Balaban J connectivity index is 1.72. The summed E-state index contributed by atoms with van der Waals surface area (Å²) in [4.78, 5) is 19.5. The molecule has 110 valence electrons. The number of hydrogen-bond acceptors (Lipinski definition) is 2. The van der Waals surface area contributed by atoms with E-state index in [1.54, 1.807) is 12.4 Å². The fourth-order valence-corrected chi connectivity index (χ4v) is 2.35. The first-order chi connectivity index (χ1) is 10.7. The van der Waals surface area contributed by atoms with Gasteiger partial charge in [0.2, 0.25) is 5.91 Å². The Morgan fingerprint density at radius 3 is 2.82 bits per heavy atom. The van der Waals surface area contributed by atoms with Crippen LogP contribution < -0.4 is 5.32 Å². The molecule has 22 heavy (non-hydrogen) atoms. The van der Waals surface area contributed by atoms with E-state index < -0.39 is 0 Å². The second-order valence-corrected chi connectivity index (χ2v) is 5.17. The van der Waals surface area contributed by atoms with E-state index in [2.05, 4.69) is 15.3 Å². The molecule has 0 bridgehead atoms. The molecule has 0 fully saturated rings. The third kappa shape index (κ3) is 3.23. The Bertz CT molecular complexity index is 779. The molecule has 1 aromatic heterocycles. The standard InChI is InChI=1S/C18H17N3O/c1-13-5-2-3-6-14(13)12-17(22)21-16-8-4-7-15(11-16)18-19-9-10-20-18/h2-11H,12H2,1H3,(H,19,20)(H,21,22). The monoisotopic (exact) mass is 291 g/mol. The maximum absolute atomic E-state index is 12.2. The van der Waals surface area contributed by atoms with Crippen molar-refractivity contribution in [3.8, 4) is 11.4 Å². The van der Waals surface area contributed by atoms with Gasteiger partial charge in [0.25, 0.3) is 0 Å². The summed E-state index contributed by atoms with van der Waals surface area (Å²) in [6.45, 7) is 2.01. The first kappa shape index (κ1) is 14.1. The number of aryl methyl sites for hydroxylation is 1. The molecule has 3 rings (SSSR count). The van der Waals surface area contributed by atoms with E-state index in [0.29, 0.717) is 6.42 Å². The molecule has 0 saturated carbocycles. The topological polar surface area (TPSA) is 57.8 Å². The summed E-state index contributed by atoms with van der Waals surface area (Å²) >= 11 is 0. The average molecular weight is 291 g/mol. The van der Waals surface area contributed by atoms with Crippen LogP contribution in [0.3, 0.4) is 0 Å². The highest BCUT2D eigenvalue weighted by Crippen LogP contribution is 2.19. The number of H-pyrrole nitrogens is 1. The zero-order valence-corrected chi connectivity index (χ0v) is 12.3. The van der Waals surface area contributed by atoms with Crippen molar-refractivity contribution in [1.82, 2.24) is 9.97 Å². The molecule has 0 radical (unpaired) electrons. The Kier molecular flexibility index (Phi) is 4.01. The molecule has 2 aromatic carbocycles. The van der Waals surface area contributed by atoms with E-state index in [1.165, 1.54) is 0 Å². The molecule has 0 aliphatic rings. The van der Waals surface area contributed by atoms with Crippen molar-refractivity contribution in [2.24, 2.45) is 0 Å². The van der Waals surface area contributed by atoms with Crippen molar-refractivity contribution in [3.63, 3.8) is 0 Å². The molecule has 0 aliphatic heterocycles. The molecular formula is C18H17N3O. The molecule has 4 heteroatoms. The quantitative estimate of drug-likeness (QED) is 0.772. The Morgan fingerprint density at radius 2 is 2.05 bits per heavy atom. The molecule has 0 spiro atoms. The fourth-order valence-electron chi connectivity index (χ4n) is 2.35. The minimum absolute atomic E-state index is 0.0223. The number of hydrogen-bond donors (Lipinski definition) is 2. The lowest BCUT2D eigenvalue weighted by Crippen LogP contribution is -2.15. The first-order valence-corrected chi connectivity index (χ1v) is 7.16. The number of benzene rings is 2. The highest BCUT2D eigenvalue weighted by molar-refractivity contribution is 5.93. The Hall–Kier alpha value is -2.88. The van der Waals surface area contributed by atoms with E-state index in [0.717, 1.165) is 28.2 Å². The Labute approximate surface area is 129 Å². The summed E-state index contributed by atoms with van der Waals surface area (Å²) in [5, 5.41) is 2.94. The van der Waals surface area contributed by atoms with Crippen LogP contribution in [0.1, 0.15) is 11.1 Å². The molecule has 0 atom stereocenters. The lowest BCUT2D eigenvalue weighted by atomic mass is 10.1. The molecule has 0 aliphatic carbocycles. The highest BCUT2D eigenvalue weighted by atomic mass is 16.1. The van der Waals surface area contributed by atoms with Gasteiger partial charge < -0.3 is 10.3 Å².